The number of aliphatic imine (C=N–C) groups is 1. The number of hydrogen-bond donors (Lipinski definition) is 1. The molecule has 5 rings (SSSR count). The van der Waals surface area contributed by atoms with Crippen molar-refractivity contribution in [1.29, 1.82) is 0 Å². The Bertz CT molecular complexity index is 1240. The summed E-state index contributed by atoms with van der Waals surface area (Å²) >= 11 is 0. The molecule has 0 atom stereocenters. The SMILES string of the molecule is O=C(CCN=C1NS(=O)(=O)c2ccccc21)N1CCC(c2nc3ccccc3o2)CC1. The molecule has 2 aliphatic rings. The molecule has 9 heteroatoms. The lowest BCUT2D eigenvalue weighted by Gasteiger charge is -2.30. The third kappa shape index (κ3) is 3.81. The Kier molecular flexibility index (Phi) is 4.97. The van der Waals surface area contributed by atoms with Gasteiger partial charge in [0.2, 0.25) is 5.91 Å². The molecule has 1 aromatic heterocycles. The van der Waals surface area contributed by atoms with Gasteiger partial charge in [0.05, 0.1) is 11.4 Å². The summed E-state index contributed by atoms with van der Waals surface area (Å²) in [6.45, 7) is 1.53. The van der Waals surface area contributed by atoms with Crippen molar-refractivity contribution in [3.63, 3.8) is 0 Å². The molecule has 8 nitrogen and oxygen atoms in total. The lowest BCUT2D eigenvalue weighted by atomic mass is 9.96. The van der Waals surface area contributed by atoms with E-state index in [0.29, 0.717) is 24.5 Å². The predicted molar refractivity (Wildman–Crippen MR) is 115 cm³/mol. The van der Waals surface area contributed by atoms with Crippen molar-refractivity contribution in [2.45, 2.75) is 30.1 Å². The molecule has 31 heavy (non-hydrogen) atoms. The fourth-order valence-electron chi connectivity index (χ4n) is 4.11. The van der Waals surface area contributed by atoms with Crippen LogP contribution in [0.2, 0.25) is 0 Å². The molecule has 0 saturated carbocycles. The molecule has 0 unspecified atom stereocenters. The van der Waals surface area contributed by atoms with Crippen molar-refractivity contribution in [3.8, 4) is 0 Å². The van der Waals surface area contributed by atoms with E-state index in [4.69, 9.17) is 4.42 Å². The second kappa shape index (κ2) is 7.81. The lowest BCUT2D eigenvalue weighted by molar-refractivity contribution is -0.132. The molecule has 0 radical (unpaired) electrons. The van der Waals surface area contributed by atoms with Crippen LogP contribution in [-0.2, 0) is 14.8 Å². The molecule has 3 heterocycles. The number of nitrogens with zero attached hydrogens (tertiary/aromatic N) is 3. The van der Waals surface area contributed by atoms with Crippen molar-refractivity contribution in [2.75, 3.05) is 19.6 Å². The monoisotopic (exact) mass is 438 g/mol. The van der Waals surface area contributed by atoms with Gasteiger partial charge in [0.25, 0.3) is 10.0 Å². The molecular weight excluding hydrogens is 416 g/mol. The van der Waals surface area contributed by atoms with Gasteiger partial charge in [0, 0.05) is 31.0 Å². The first-order valence-electron chi connectivity index (χ1n) is 10.3. The van der Waals surface area contributed by atoms with Crippen LogP contribution in [-0.4, -0.2) is 49.7 Å². The van der Waals surface area contributed by atoms with Crippen LogP contribution < -0.4 is 4.72 Å². The number of aromatic nitrogens is 1. The maximum atomic E-state index is 12.6. The average Bonchev–Trinajstić information content (AvgIpc) is 3.33. The van der Waals surface area contributed by atoms with Gasteiger partial charge < -0.3 is 9.32 Å². The van der Waals surface area contributed by atoms with Crippen LogP contribution in [0.1, 0.15) is 36.6 Å². The van der Waals surface area contributed by atoms with Crippen molar-refractivity contribution in [2.24, 2.45) is 4.99 Å². The number of amidine groups is 1. The van der Waals surface area contributed by atoms with Crippen molar-refractivity contribution in [1.82, 2.24) is 14.6 Å². The van der Waals surface area contributed by atoms with Gasteiger partial charge in [-0.3, -0.25) is 14.5 Å². The van der Waals surface area contributed by atoms with Gasteiger partial charge in [-0.1, -0.05) is 24.3 Å². The summed E-state index contributed by atoms with van der Waals surface area (Å²) in [7, 11) is -3.56. The topological polar surface area (TPSA) is 105 Å². The van der Waals surface area contributed by atoms with Crippen LogP contribution >= 0.6 is 0 Å². The number of piperidine rings is 1. The number of nitrogens with one attached hydrogen (secondary N) is 1. The zero-order valence-corrected chi connectivity index (χ0v) is 17.6. The number of rotatable bonds is 4. The first-order valence-corrected chi connectivity index (χ1v) is 11.8. The van der Waals surface area contributed by atoms with Crippen molar-refractivity contribution in [3.05, 3.63) is 60.0 Å². The molecule has 1 fully saturated rings. The summed E-state index contributed by atoms with van der Waals surface area (Å²) in [5.74, 6) is 1.28. The molecule has 3 aromatic rings. The molecule has 0 bridgehead atoms. The molecule has 160 valence electrons. The number of sulfonamides is 1. The lowest BCUT2D eigenvalue weighted by Crippen LogP contribution is -2.38. The maximum absolute atomic E-state index is 12.6. The summed E-state index contributed by atoms with van der Waals surface area (Å²) in [5.41, 5.74) is 2.20. The standard InChI is InChI=1S/C22H22N4O4S/c27-20(9-12-23-21-16-5-1-4-8-19(16)31(28,29)25-21)26-13-10-15(11-14-26)22-24-17-6-2-3-7-18(17)30-22/h1-8,15H,9-14H2,(H,23,25). The first kappa shape index (κ1) is 19.7. The zero-order valence-electron chi connectivity index (χ0n) is 16.8. The van der Waals surface area contributed by atoms with Gasteiger partial charge in [-0.25, -0.2) is 13.4 Å². The summed E-state index contributed by atoms with van der Waals surface area (Å²) < 4.78 is 32.6. The zero-order chi connectivity index (χ0) is 21.4. The molecule has 0 aliphatic carbocycles. The predicted octanol–water partition coefficient (Wildman–Crippen LogP) is 2.66. The Labute approximate surface area is 180 Å². The van der Waals surface area contributed by atoms with Crippen LogP contribution in [0, 0.1) is 0 Å². The number of oxazole rings is 1. The molecule has 1 amide bonds. The molecule has 2 aromatic carbocycles. The van der Waals surface area contributed by atoms with E-state index in [-0.39, 0.29) is 29.7 Å². The summed E-state index contributed by atoms with van der Waals surface area (Å²) in [6, 6.07) is 14.4. The molecular formula is C22H22N4O4S. The first-order chi connectivity index (χ1) is 15.0. The van der Waals surface area contributed by atoms with E-state index in [0.717, 1.165) is 29.8 Å². The average molecular weight is 439 g/mol. The van der Waals surface area contributed by atoms with Crippen LogP contribution in [0.5, 0.6) is 0 Å². The number of carbonyl (C=O) groups excluding carboxylic acids is 1. The number of benzene rings is 2. The smallest absolute Gasteiger partial charge is 0.263 e. The summed E-state index contributed by atoms with van der Waals surface area (Å²) in [6.07, 6.45) is 1.85. The largest absolute Gasteiger partial charge is 0.440 e. The fraction of sp³-hybridized carbons (Fsp3) is 0.318. The number of amides is 1. The highest BCUT2D eigenvalue weighted by Gasteiger charge is 2.30. The van der Waals surface area contributed by atoms with Crippen molar-refractivity contribution < 1.29 is 17.6 Å². The molecule has 1 saturated heterocycles. The number of fused-ring (bicyclic) bond motifs is 2. The Morgan fingerprint density at radius 2 is 1.87 bits per heavy atom. The Morgan fingerprint density at radius 1 is 1.13 bits per heavy atom. The van der Waals surface area contributed by atoms with Gasteiger partial charge in [-0.05, 0) is 37.1 Å². The highest BCUT2D eigenvalue weighted by atomic mass is 32.2. The maximum Gasteiger partial charge on any atom is 0.263 e. The van der Waals surface area contributed by atoms with E-state index in [9.17, 15) is 13.2 Å². The van der Waals surface area contributed by atoms with E-state index < -0.39 is 10.0 Å². The van der Waals surface area contributed by atoms with Gasteiger partial charge in [-0.15, -0.1) is 0 Å². The van der Waals surface area contributed by atoms with Crippen LogP contribution in [0.25, 0.3) is 11.1 Å². The fourth-order valence-corrected chi connectivity index (χ4v) is 5.36. The number of hydrogen-bond acceptors (Lipinski definition) is 6. The molecule has 0 spiro atoms. The van der Waals surface area contributed by atoms with E-state index in [1.165, 1.54) is 0 Å². The minimum atomic E-state index is -3.56. The van der Waals surface area contributed by atoms with Crippen LogP contribution in [0.4, 0.5) is 0 Å². The Hall–Kier alpha value is -3.20. The minimum Gasteiger partial charge on any atom is -0.440 e. The van der Waals surface area contributed by atoms with E-state index >= 15 is 0 Å². The van der Waals surface area contributed by atoms with Crippen LogP contribution in [0.3, 0.4) is 0 Å². The second-order valence-electron chi connectivity index (χ2n) is 7.76. The number of likely N-dealkylation sites (tertiary alicyclic amines) is 1. The highest BCUT2D eigenvalue weighted by Crippen LogP contribution is 2.30. The minimum absolute atomic E-state index is 0.0227. The normalized spacial score (nSPS) is 19.5. The van der Waals surface area contributed by atoms with Crippen LogP contribution in [0.15, 0.2) is 62.8 Å². The Morgan fingerprint density at radius 3 is 2.68 bits per heavy atom. The third-order valence-electron chi connectivity index (χ3n) is 5.77. The highest BCUT2D eigenvalue weighted by molar-refractivity contribution is 7.90. The van der Waals surface area contributed by atoms with Gasteiger partial charge >= 0.3 is 0 Å². The Balaban J connectivity index is 1.17. The summed E-state index contributed by atoms with van der Waals surface area (Å²) in [4.78, 5) is 23.6. The summed E-state index contributed by atoms with van der Waals surface area (Å²) in [5, 5.41) is 0. The van der Waals surface area contributed by atoms with Gasteiger partial charge in [-0.2, -0.15) is 0 Å². The second-order valence-corrected chi connectivity index (χ2v) is 9.41. The van der Waals surface area contributed by atoms with Crippen molar-refractivity contribution >= 4 is 32.9 Å². The van der Waals surface area contributed by atoms with E-state index in [1.807, 2.05) is 29.2 Å². The van der Waals surface area contributed by atoms with E-state index in [2.05, 4.69) is 14.7 Å². The number of carbonyl (C=O) groups is 1. The van der Waals surface area contributed by atoms with Gasteiger partial charge in [0.15, 0.2) is 11.5 Å². The molecule has 2 aliphatic heterocycles. The number of para-hydroxylation sites is 2. The molecule has 1 N–H and O–H groups in total. The van der Waals surface area contributed by atoms with E-state index in [1.54, 1.807) is 24.3 Å². The van der Waals surface area contributed by atoms with Gasteiger partial charge in [0.1, 0.15) is 11.4 Å². The quantitative estimate of drug-likeness (QED) is 0.674. The third-order valence-corrected chi connectivity index (χ3v) is 7.16.